The summed E-state index contributed by atoms with van der Waals surface area (Å²) in [5.41, 5.74) is 3.36. The highest BCUT2D eigenvalue weighted by Gasteiger charge is 2.11. The van der Waals surface area contributed by atoms with Gasteiger partial charge in [-0.25, -0.2) is 0 Å². The van der Waals surface area contributed by atoms with E-state index in [1.54, 1.807) is 0 Å². The van der Waals surface area contributed by atoms with Crippen LogP contribution >= 0.6 is 0 Å². The van der Waals surface area contributed by atoms with E-state index in [1.165, 1.54) is 0 Å². The Labute approximate surface area is 131 Å². The Bertz CT molecular complexity index is 599. The molecule has 118 valence electrons. The lowest BCUT2D eigenvalue weighted by atomic mass is 10.2. The van der Waals surface area contributed by atoms with Crippen molar-refractivity contribution in [3.05, 3.63) is 41.7 Å². The van der Waals surface area contributed by atoms with Crippen LogP contribution in [0.3, 0.4) is 0 Å². The lowest BCUT2D eigenvalue weighted by Crippen LogP contribution is -2.21. The number of carbonyl (C=O) groups excluding carboxylic acids is 1. The van der Waals surface area contributed by atoms with Crippen LogP contribution in [0.1, 0.15) is 43.4 Å². The van der Waals surface area contributed by atoms with Crippen molar-refractivity contribution in [1.82, 2.24) is 10.2 Å². The predicted molar refractivity (Wildman–Crippen MR) is 90.5 cm³/mol. The zero-order chi connectivity index (χ0) is 15.9. The molecule has 2 aromatic rings. The Morgan fingerprint density at radius 1 is 1.18 bits per heavy atom. The van der Waals surface area contributed by atoms with E-state index in [-0.39, 0.29) is 5.91 Å². The molecule has 1 amide bonds. The standard InChI is InChI=1S/C17H24N4O/c1-4-7-14-12-16(20-19-14)17(22)18-13-8-10-15(11-9-13)21(5-2)6-3/h8-12H,4-7H2,1-3H3,(H,18,22)(H,19,20). The van der Waals surface area contributed by atoms with Crippen LogP contribution in [-0.4, -0.2) is 29.2 Å². The third-order valence-corrected chi connectivity index (χ3v) is 3.64. The van der Waals surface area contributed by atoms with E-state index in [4.69, 9.17) is 0 Å². The van der Waals surface area contributed by atoms with Crippen molar-refractivity contribution in [2.75, 3.05) is 23.3 Å². The number of aryl methyl sites for hydroxylation is 1. The van der Waals surface area contributed by atoms with Gasteiger partial charge in [-0.05, 0) is 50.6 Å². The molecule has 0 aliphatic carbocycles. The van der Waals surface area contributed by atoms with Gasteiger partial charge in [0.25, 0.3) is 5.91 Å². The summed E-state index contributed by atoms with van der Waals surface area (Å²) in [6.07, 6.45) is 1.93. The molecule has 0 bridgehead atoms. The van der Waals surface area contributed by atoms with E-state index in [0.717, 1.165) is 43.0 Å². The highest BCUT2D eigenvalue weighted by Crippen LogP contribution is 2.18. The number of aromatic nitrogens is 2. The maximum atomic E-state index is 12.2. The molecule has 2 N–H and O–H groups in total. The Hall–Kier alpha value is -2.30. The van der Waals surface area contributed by atoms with E-state index in [1.807, 2.05) is 30.3 Å². The van der Waals surface area contributed by atoms with Crippen LogP contribution < -0.4 is 10.2 Å². The number of hydrogen-bond donors (Lipinski definition) is 2. The molecule has 0 spiro atoms. The number of anilines is 2. The molecule has 1 heterocycles. The second kappa shape index (κ2) is 7.64. The fourth-order valence-corrected chi connectivity index (χ4v) is 2.41. The first-order chi connectivity index (χ1) is 10.7. The van der Waals surface area contributed by atoms with Crippen molar-refractivity contribution in [3.63, 3.8) is 0 Å². The third kappa shape index (κ3) is 3.87. The Kier molecular flexibility index (Phi) is 5.58. The highest BCUT2D eigenvalue weighted by molar-refractivity contribution is 6.02. The van der Waals surface area contributed by atoms with Gasteiger partial charge in [0, 0.05) is 30.2 Å². The zero-order valence-electron chi connectivity index (χ0n) is 13.5. The van der Waals surface area contributed by atoms with Gasteiger partial charge in [0.1, 0.15) is 0 Å². The molecule has 5 nitrogen and oxygen atoms in total. The number of carbonyl (C=O) groups is 1. The van der Waals surface area contributed by atoms with Crippen molar-refractivity contribution in [2.24, 2.45) is 0 Å². The minimum absolute atomic E-state index is 0.186. The third-order valence-electron chi connectivity index (χ3n) is 3.64. The van der Waals surface area contributed by atoms with Crippen molar-refractivity contribution in [1.29, 1.82) is 0 Å². The summed E-state index contributed by atoms with van der Waals surface area (Å²) < 4.78 is 0. The van der Waals surface area contributed by atoms with E-state index in [9.17, 15) is 4.79 Å². The van der Waals surface area contributed by atoms with Crippen LogP contribution in [0.15, 0.2) is 30.3 Å². The molecule has 0 saturated heterocycles. The van der Waals surface area contributed by atoms with Gasteiger partial charge in [-0.1, -0.05) is 13.3 Å². The van der Waals surface area contributed by atoms with Crippen LogP contribution in [0.4, 0.5) is 11.4 Å². The van der Waals surface area contributed by atoms with Gasteiger partial charge in [-0.15, -0.1) is 0 Å². The first kappa shape index (κ1) is 16.1. The molecular weight excluding hydrogens is 276 g/mol. The van der Waals surface area contributed by atoms with Gasteiger partial charge >= 0.3 is 0 Å². The fourth-order valence-electron chi connectivity index (χ4n) is 2.41. The Balaban J connectivity index is 2.01. The molecule has 0 radical (unpaired) electrons. The lowest BCUT2D eigenvalue weighted by Gasteiger charge is -2.21. The lowest BCUT2D eigenvalue weighted by molar-refractivity contribution is 0.102. The molecule has 0 aliphatic heterocycles. The van der Waals surface area contributed by atoms with E-state index in [0.29, 0.717) is 5.69 Å². The molecule has 0 atom stereocenters. The van der Waals surface area contributed by atoms with Crippen molar-refractivity contribution in [3.8, 4) is 0 Å². The fraction of sp³-hybridized carbons (Fsp3) is 0.412. The SMILES string of the molecule is CCCc1cc(C(=O)Nc2ccc(N(CC)CC)cc2)n[nH]1. The van der Waals surface area contributed by atoms with Crippen LogP contribution in [0.25, 0.3) is 0 Å². The van der Waals surface area contributed by atoms with Gasteiger partial charge in [0.15, 0.2) is 5.69 Å². The Morgan fingerprint density at radius 2 is 1.86 bits per heavy atom. The number of amides is 1. The topological polar surface area (TPSA) is 61.0 Å². The molecule has 1 aromatic carbocycles. The van der Waals surface area contributed by atoms with Crippen molar-refractivity contribution < 1.29 is 4.79 Å². The molecule has 0 fully saturated rings. The number of nitrogens with zero attached hydrogens (tertiary/aromatic N) is 2. The average Bonchev–Trinajstić information content (AvgIpc) is 2.99. The molecule has 2 rings (SSSR count). The minimum atomic E-state index is -0.186. The van der Waals surface area contributed by atoms with Gasteiger partial charge in [0.05, 0.1) is 0 Å². The maximum absolute atomic E-state index is 12.2. The first-order valence-electron chi connectivity index (χ1n) is 7.88. The Morgan fingerprint density at radius 3 is 2.45 bits per heavy atom. The molecule has 1 aromatic heterocycles. The van der Waals surface area contributed by atoms with Gasteiger partial charge < -0.3 is 10.2 Å². The molecule has 0 aliphatic rings. The smallest absolute Gasteiger partial charge is 0.276 e. The van der Waals surface area contributed by atoms with E-state index in [2.05, 4.69) is 41.2 Å². The van der Waals surface area contributed by atoms with E-state index >= 15 is 0 Å². The van der Waals surface area contributed by atoms with Crippen molar-refractivity contribution in [2.45, 2.75) is 33.6 Å². The highest BCUT2D eigenvalue weighted by atomic mass is 16.1. The summed E-state index contributed by atoms with van der Waals surface area (Å²) >= 11 is 0. The molecule has 0 saturated carbocycles. The van der Waals surface area contributed by atoms with Gasteiger partial charge in [0.2, 0.25) is 0 Å². The summed E-state index contributed by atoms with van der Waals surface area (Å²) in [7, 11) is 0. The number of benzene rings is 1. The quantitative estimate of drug-likeness (QED) is 0.823. The summed E-state index contributed by atoms with van der Waals surface area (Å²) in [4.78, 5) is 14.4. The average molecular weight is 300 g/mol. The summed E-state index contributed by atoms with van der Waals surface area (Å²) in [5, 5.41) is 9.83. The predicted octanol–water partition coefficient (Wildman–Crippen LogP) is 3.46. The summed E-state index contributed by atoms with van der Waals surface area (Å²) in [5.74, 6) is -0.186. The number of hydrogen-bond acceptors (Lipinski definition) is 3. The number of nitrogens with one attached hydrogen (secondary N) is 2. The van der Waals surface area contributed by atoms with Gasteiger partial charge in [-0.3, -0.25) is 9.89 Å². The minimum Gasteiger partial charge on any atom is -0.372 e. The summed E-state index contributed by atoms with van der Waals surface area (Å²) in [6, 6.07) is 9.70. The normalized spacial score (nSPS) is 10.5. The zero-order valence-corrected chi connectivity index (χ0v) is 13.5. The second-order valence-electron chi connectivity index (χ2n) is 5.20. The molecule has 22 heavy (non-hydrogen) atoms. The first-order valence-corrected chi connectivity index (χ1v) is 7.88. The van der Waals surface area contributed by atoms with E-state index < -0.39 is 0 Å². The molecule has 0 unspecified atom stereocenters. The maximum Gasteiger partial charge on any atom is 0.276 e. The van der Waals surface area contributed by atoms with Crippen LogP contribution in [0, 0.1) is 0 Å². The largest absolute Gasteiger partial charge is 0.372 e. The van der Waals surface area contributed by atoms with Crippen LogP contribution in [0.5, 0.6) is 0 Å². The molecule has 5 heteroatoms. The monoisotopic (exact) mass is 300 g/mol. The van der Waals surface area contributed by atoms with Crippen molar-refractivity contribution >= 4 is 17.3 Å². The second-order valence-corrected chi connectivity index (χ2v) is 5.20. The number of H-pyrrole nitrogens is 1. The van der Waals surface area contributed by atoms with Crippen LogP contribution in [0.2, 0.25) is 0 Å². The summed E-state index contributed by atoms with van der Waals surface area (Å²) in [6.45, 7) is 8.29. The molecular formula is C17H24N4O. The van der Waals surface area contributed by atoms with Gasteiger partial charge in [-0.2, -0.15) is 5.10 Å². The van der Waals surface area contributed by atoms with Crippen LogP contribution in [-0.2, 0) is 6.42 Å². The number of aromatic amines is 1. The number of rotatable bonds is 7.